The maximum Gasteiger partial charge on any atom is 0.490 e. The second kappa shape index (κ2) is 6.53. The van der Waals surface area contributed by atoms with E-state index in [1.54, 1.807) is 0 Å². The van der Waals surface area contributed by atoms with E-state index >= 15 is 0 Å². The summed E-state index contributed by atoms with van der Waals surface area (Å²) in [5.74, 6) is -1.08. The van der Waals surface area contributed by atoms with Crippen LogP contribution in [0.4, 0.5) is 0 Å². The van der Waals surface area contributed by atoms with E-state index in [-0.39, 0.29) is 5.92 Å². The molecule has 142 valence electrons. The van der Waals surface area contributed by atoms with Crippen molar-refractivity contribution in [2.75, 3.05) is 14.2 Å². The zero-order chi connectivity index (χ0) is 19.3. The lowest BCUT2D eigenvalue weighted by atomic mass is 9.65. The summed E-state index contributed by atoms with van der Waals surface area (Å²) in [6.45, 7) is 8.02. The van der Waals surface area contributed by atoms with Crippen molar-refractivity contribution in [2.24, 2.45) is 5.92 Å². The zero-order valence-electron chi connectivity index (χ0n) is 16.4. The van der Waals surface area contributed by atoms with Gasteiger partial charge in [-0.3, -0.25) is 0 Å². The van der Waals surface area contributed by atoms with Crippen LogP contribution in [0, 0.1) is 5.92 Å². The first kappa shape index (κ1) is 19.2. The van der Waals surface area contributed by atoms with Gasteiger partial charge in [0.15, 0.2) is 0 Å². The Morgan fingerprint density at radius 3 is 2.15 bits per heavy atom. The fraction of sp³-hybridized carbons (Fsp3) is 0.684. The van der Waals surface area contributed by atoms with E-state index in [0.29, 0.717) is 17.6 Å². The van der Waals surface area contributed by atoms with Crippen LogP contribution in [0.1, 0.15) is 53.4 Å². The molecule has 1 heterocycles. The number of fused-ring (bicyclic) bond motifs is 1. The predicted octanol–water partition coefficient (Wildman–Crippen LogP) is 2.76. The fourth-order valence-corrected chi connectivity index (χ4v) is 4.06. The van der Waals surface area contributed by atoms with Crippen LogP contribution in [0.15, 0.2) is 22.2 Å². The molecule has 0 N–H and O–H groups in total. The first-order valence-corrected chi connectivity index (χ1v) is 9.10. The molecule has 0 amide bonds. The lowest BCUT2D eigenvalue weighted by molar-refractivity contribution is -0.139. The molecule has 7 heteroatoms. The molecular formula is C19H27BO6. The Hall–Kier alpha value is -1.60. The lowest BCUT2D eigenvalue weighted by Crippen LogP contribution is -2.41. The molecule has 0 aromatic heterocycles. The Kier molecular flexibility index (Phi) is 4.82. The van der Waals surface area contributed by atoms with E-state index in [4.69, 9.17) is 18.8 Å². The molecule has 1 saturated heterocycles. The van der Waals surface area contributed by atoms with E-state index < -0.39 is 30.3 Å². The van der Waals surface area contributed by atoms with E-state index in [2.05, 4.69) is 0 Å². The highest BCUT2D eigenvalue weighted by atomic mass is 16.7. The average Bonchev–Trinajstić information content (AvgIpc) is 3.14. The number of ether oxygens (including phenoxy) is 2. The molecule has 3 rings (SSSR count). The van der Waals surface area contributed by atoms with E-state index in [1.165, 1.54) is 14.2 Å². The summed E-state index contributed by atoms with van der Waals surface area (Å²) in [5, 5.41) is 0. The molecule has 1 unspecified atom stereocenters. The van der Waals surface area contributed by atoms with Crippen LogP contribution in [-0.4, -0.2) is 44.5 Å². The molecule has 0 aromatic carbocycles. The van der Waals surface area contributed by atoms with Gasteiger partial charge in [0.05, 0.1) is 36.6 Å². The summed E-state index contributed by atoms with van der Waals surface area (Å²) in [6, 6.07) is 0. The van der Waals surface area contributed by atoms with Crippen LogP contribution in [0.5, 0.6) is 0 Å². The molecule has 2 aliphatic carbocycles. The normalized spacial score (nSPS) is 26.8. The molecule has 2 fully saturated rings. The van der Waals surface area contributed by atoms with Crippen LogP contribution in [0.3, 0.4) is 0 Å². The fourth-order valence-electron chi connectivity index (χ4n) is 4.06. The number of carbonyl (C=O) groups is 2. The van der Waals surface area contributed by atoms with E-state index in [1.807, 2.05) is 27.7 Å². The van der Waals surface area contributed by atoms with Crippen LogP contribution >= 0.6 is 0 Å². The highest BCUT2D eigenvalue weighted by Gasteiger charge is 2.54. The monoisotopic (exact) mass is 362 g/mol. The van der Waals surface area contributed by atoms with Crippen molar-refractivity contribution in [1.82, 2.24) is 0 Å². The number of hydrogen-bond donors (Lipinski definition) is 0. The van der Waals surface area contributed by atoms with Crippen LogP contribution in [-0.2, 0) is 28.4 Å². The second-order valence-corrected chi connectivity index (χ2v) is 8.14. The Labute approximate surface area is 155 Å². The summed E-state index contributed by atoms with van der Waals surface area (Å²) in [7, 11) is 2.15. The Bertz CT molecular complexity index is 687. The van der Waals surface area contributed by atoms with Crippen molar-refractivity contribution < 1.29 is 28.4 Å². The van der Waals surface area contributed by atoms with Gasteiger partial charge in [0.25, 0.3) is 0 Å². The van der Waals surface area contributed by atoms with Crippen LogP contribution < -0.4 is 0 Å². The summed E-state index contributed by atoms with van der Waals surface area (Å²) >= 11 is 0. The number of carbonyl (C=O) groups excluding carboxylic acids is 2. The molecular weight excluding hydrogens is 335 g/mol. The first-order valence-electron chi connectivity index (χ1n) is 9.10. The van der Waals surface area contributed by atoms with Crippen molar-refractivity contribution in [3.8, 4) is 0 Å². The minimum absolute atomic E-state index is 0.126. The Morgan fingerprint density at radius 2 is 1.62 bits per heavy atom. The maximum atomic E-state index is 12.4. The zero-order valence-corrected chi connectivity index (χ0v) is 16.4. The van der Waals surface area contributed by atoms with Gasteiger partial charge in [0, 0.05) is 5.92 Å². The summed E-state index contributed by atoms with van der Waals surface area (Å²) in [4.78, 5) is 24.8. The van der Waals surface area contributed by atoms with Gasteiger partial charge in [-0.05, 0) is 58.9 Å². The van der Waals surface area contributed by atoms with Gasteiger partial charge >= 0.3 is 19.1 Å². The minimum Gasteiger partial charge on any atom is -0.466 e. The summed E-state index contributed by atoms with van der Waals surface area (Å²) in [6.07, 6.45) is 2.93. The van der Waals surface area contributed by atoms with Crippen LogP contribution in [0.25, 0.3) is 0 Å². The molecule has 1 atom stereocenters. The molecule has 0 bridgehead atoms. The number of hydrogen-bond acceptors (Lipinski definition) is 6. The third-order valence-corrected chi connectivity index (χ3v) is 6.19. The van der Waals surface area contributed by atoms with Gasteiger partial charge in [-0.25, -0.2) is 9.59 Å². The van der Waals surface area contributed by atoms with Gasteiger partial charge in [0.2, 0.25) is 0 Å². The molecule has 0 radical (unpaired) electrons. The maximum absolute atomic E-state index is 12.4. The van der Waals surface area contributed by atoms with Crippen molar-refractivity contribution in [1.29, 1.82) is 0 Å². The average molecular weight is 362 g/mol. The summed E-state index contributed by atoms with van der Waals surface area (Å²) < 4.78 is 22.4. The standard InChI is InChI=1S/C19H27BO6/c1-18(2)19(3,4)26-20(25-18)14-10-13(16(21)23-5)15(17(22)24-6)12-9-7-8-11(12)14/h12H,7-10H2,1-6H3. The highest BCUT2D eigenvalue weighted by Crippen LogP contribution is 2.49. The predicted molar refractivity (Wildman–Crippen MR) is 96.1 cm³/mol. The minimum atomic E-state index is -0.519. The first-order chi connectivity index (χ1) is 12.1. The summed E-state index contributed by atoms with van der Waals surface area (Å²) in [5.41, 5.74) is 1.98. The number of rotatable bonds is 3. The van der Waals surface area contributed by atoms with Crippen LogP contribution in [0.2, 0.25) is 0 Å². The molecule has 6 nitrogen and oxygen atoms in total. The van der Waals surface area contributed by atoms with E-state index in [0.717, 1.165) is 30.3 Å². The van der Waals surface area contributed by atoms with Crippen molar-refractivity contribution >= 4 is 19.1 Å². The van der Waals surface area contributed by atoms with Gasteiger partial charge in [0.1, 0.15) is 0 Å². The molecule has 1 saturated carbocycles. The topological polar surface area (TPSA) is 71.1 Å². The van der Waals surface area contributed by atoms with Gasteiger partial charge in [-0.1, -0.05) is 5.57 Å². The highest BCUT2D eigenvalue weighted by molar-refractivity contribution is 6.55. The SMILES string of the molecule is COC(=O)C1=C(C(=O)OC)C2CCCC2=C(B2OC(C)(C)C(C)(C)O2)C1. The molecule has 0 aromatic rings. The Balaban J connectivity index is 2.04. The van der Waals surface area contributed by atoms with Crippen molar-refractivity contribution in [2.45, 2.75) is 64.6 Å². The number of esters is 2. The largest absolute Gasteiger partial charge is 0.490 e. The van der Waals surface area contributed by atoms with Gasteiger partial charge in [-0.2, -0.15) is 0 Å². The van der Waals surface area contributed by atoms with Gasteiger partial charge < -0.3 is 18.8 Å². The quantitative estimate of drug-likeness (QED) is 0.568. The second-order valence-electron chi connectivity index (χ2n) is 8.14. The molecule has 3 aliphatic rings. The molecule has 26 heavy (non-hydrogen) atoms. The third-order valence-electron chi connectivity index (χ3n) is 6.19. The van der Waals surface area contributed by atoms with E-state index in [9.17, 15) is 9.59 Å². The number of allylic oxidation sites excluding steroid dienone is 2. The number of methoxy groups -OCH3 is 2. The van der Waals surface area contributed by atoms with Crippen molar-refractivity contribution in [3.63, 3.8) is 0 Å². The van der Waals surface area contributed by atoms with Gasteiger partial charge in [-0.15, -0.1) is 0 Å². The lowest BCUT2D eigenvalue weighted by Gasteiger charge is -2.32. The third kappa shape index (κ3) is 2.91. The Morgan fingerprint density at radius 1 is 1.04 bits per heavy atom. The van der Waals surface area contributed by atoms with Crippen molar-refractivity contribution in [3.05, 3.63) is 22.2 Å². The molecule has 0 spiro atoms. The smallest absolute Gasteiger partial charge is 0.466 e. The molecule has 1 aliphatic heterocycles.